The summed E-state index contributed by atoms with van der Waals surface area (Å²) in [6, 6.07) is 27.5. The molecule has 0 radical (unpaired) electrons. The molecule has 4 aromatic rings. The lowest BCUT2D eigenvalue weighted by atomic mass is 9.93. The van der Waals surface area contributed by atoms with Gasteiger partial charge in [0.25, 0.3) is 0 Å². The Balaban J connectivity index is 1.42. The molecule has 4 N–H and O–H groups in total. The van der Waals surface area contributed by atoms with Crippen LogP contribution in [-0.4, -0.2) is 4.98 Å². The standard InChI is InChI=1S/C29H31N3/c1-21-13-15-25-16-18-26(32-28(25)19-21)17-14-23-8-5-7-22(20-23)9-6-11-24-10-3-4-12-27(24)29(2,30)31/h3-5,7-8,10,12-20H,6,9,11,30-31H2,1-2H3/b17-14+. The van der Waals surface area contributed by atoms with E-state index in [2.05, 4.69) is 85.8 Å². The minimum atomic E-state index is -0.809. The van der Waals surface area contributed by atoms with E-state index in [4.69, 9.17) is 16.5 Å². The van der Waals surface area contributed by atoms with Crippen molar-refractivity contribution in [3.05, 3.63) is 112 Å². The van der Waals surface area contributed by atoms with E-state index in [-0.39, 0.29) is 0 Å². The lowest BCUT2D eigenvalue weighted by Crippen LogP contribution is -2.43. The number of rotatable bonds is 7. The molecule has 0 atom stereocenters. The topological polar surface area (TPSA) is 64.9 Å². The van der Waals surface area contributed by atoms with Gasteiger partial charge in [0.2, 0.25) is 0 Å². The van der Waals surface area contributed by atoms with E-state index in [9.17, 15) is 0 Å². The van der Waals surface area contributed by atoms with Gasteiger partial charge < -0.3 is 11.5 Å². The molecule has 0 amide bonds. The molecule has 0 aliphatic carbocycles. The summed E-state index contributed by atoms with van der Waals surface area (Å²) in [5.74, 6) is 0. The van der Waals surface area contributed by atoms with Crippen LogP contribution in [0.25, 0.3) is 23.1 Å². The van der Waals surface area contributed by atoms with E-state index in [1.807, 2.05) is 19.1 Å². The Kier molecular flexibility index (Phi) is 6.50. The van der Waals surface area contributed by atoms with Crippen molar-refractivity contribution in [2.45, 2.75) is 38.8 Å². The Morgan fingerprint density at radius 1 is 0.844 bits per heavy atom. The van der Waals surface area contributed by atoms with Crippen LogP contribution in [0, 0.1) is 6.92 Å². The van der Waals surface area contributed by atoms with Crippen molar-refractivity contribution in [3.63, 3.8) is 0 Å². The number of nitrogens with zero attached hydrogens (tertiary/aromatic N) is 1. The molecule has 0 aliphatic heterocycles. The zero-order chi connectivity index (χ0) is 22.6. The van der Waals surface area contributed by atoms with Gasteiger partial charge in [-0.15, -0.1) is 0 Å². The largest absolute Gasteiger partial charge is 0.310 e. The molecule has 0 spiro atoms. The quantitative estimate of drug-likeness (QED) is 0.361. The maximum Gasteiger partial charge on any atom is 0.0872 e. The highest BCUT2D eigenvalue weighted by Crippen LogP contribution is 2.20. The highest BCUT2D eigenvalue weighted by Gasteiger charge is 2.17. The molecule has 0 unspecified atom stereocenters. The second-order valence-corrected chi connectivity index (χ2v) is 8.80. The SMILES string of the molecule is Cc1ccc2ccc(/C=C/c3cccc(CCCc4ccccc4C(C)(N)N)c3)nc2c1. The number of hydrogen-bond acceptors (Lipinski definition) is 3. The van der Waals surface area contributed by atoms with E-state index < -0.39 is 5.66 Å². The van der Waals surface area contributed by atoms with Crippen LogP contribution in [0.1, 0.15) is 46.9 Å². The van der Waals surface area contributed by atoms with Crippen molar-refractivity contribution in [3.8, 4) is 0 Å². The van der Waals surface area contributed by atoms with E-state index in [0.717, 1.165) is 36.0 Å². The summed E-state index contributed by atoms with van der Waals surface area (Å²) in [6.07, 6.45) is 7.24. The fraction of sp³-hybridized carbons (Fsp3) is 0.207. The van der Waals surface area contributed by atoms with Gasteiger partial charge in [0, 0.05) is 5.39 Å². The van der Waals surface area contributed by atoms with E-state index in [0.29, 0.717) is 0 Å². The molecule has 0 saturated carbocycles. The Labute approximate surface area is 190 Å². The number of pyridine rings is 1. The summed E-state index contributed by atoms with van der Waals surface area (Å²) in [6.45, 7) is 3.95. The molecule has 3 aromatic carbocycles. The minimum absolute atomic E-state index is 0.809. The lowest BCUT2D eigenvalue weighted by molar-refractivity contribution is 0.513. The number of nitrogens with two attached hydrogens (primary N) is 2. The third-order valence-corrected chi connectivity index (χ3v) is 5.78. The molecule has 3 nitrogen and oxygen atoms in total. The molecule has 0 bridgehead atoms. The summed E-state index contributed by atoms with van der Waals surface area (Å²) in [5.41, 5.74) is 19.5. The molecule has 32 heavy (non-hydrogen) atoms. The van der Waals surface area contributed by atoms with E-state index in [1.54, 1.807) is 0 Å². The van der Waals surface area contributed by atoms with Crippen molar-refractivity contribution in [2.24, 2.45) is 11.5 Å². The van der Waals surface area contributed by atoms with E-state index in [1.165, 1.54) is 27.6 Å². The Morgan fingerprint density at radius 3 is 2.50 bits per heavy atom. The third-order valence-electron chi connectivity index (χ3n) is 5.78. The van der Waals surface area contributed by atoms with Crippen LogP contribution < -0.4 is 11.5 Å². The predicted octanol–water partition coefficient (Wildman–Crippen LogP) is 5.98. The van der Waals surface area contributed by atoms with Gasteiger partial charge in [0.15, 0.2) is 0 Å². The van der Waals surface area contributed by atoms with Crippen molar-refractivity contribution in [1.29, 1.82) is 0 Å². The zero-order valence-electron chi connectivity index (χ0n) is 18.9. The van der Waals surface area contributed by atoms with Crippen LogP contribution in [0.3, 0.4) is 0 Å². The molecule has 0 fully saturated rings. The summed E-state index contributed by atoms with van der Waals surface area (Å²) in [7, 11) is 0. The highest BCUT2D eigenvalue weighted by atomic mass is 14.9. The molecular formula is C29H31N3. The third kappa shape index (κ3) is 5.50. The van der Waals surface area contributed by atoms with Crippen molar-refractivity contribution >= 4 is 23.1 Å². The summed E-state index contributed by atoms with van der Waals surface area (Å²) >= 11 is 0. The summed E-state index contributed by atoms with van der Waals surface area (Å²) in [4.78, 5) is 4.78. The molecule has 1 aromatic heterocycles. The summed E-state index contributed by atoms with van der Waals surface area (Å²) in [5, 5.41) is 1.17. The first kappa shape index (κ1) is 21.9. The van der Waals surface area contributed by atoms with Gasteiger partial charge in [-0.2, -0.15) is 0 Å². The number of hydrogen-bond donors (Lipinski definition) is 2. The van der Waals surface area contributed by atoms with Gasteiger partial charge in [0.05, 0.1) is 16.9 Å². The first-order chi connectivity index (χ1) is 15.4. The van der Waals surface area contributed by atoms with Crippen LogP contribution in [0.4, 0.5) is 0 Å². The maximum absolute atomic E-state index is 6.14. The fourth-order valence-electron chi connectivity index (χ4n) is 4.12. The van der Waals surface area contributed by atoms with Crippen LogP contribution in [0.5, 0.6) is 0 Å². The minimum Gasteiger partial charge on any atom is -0.310 e. The Hall–Kier alpha value is -3.27. The number of fused-ring (bicyclic) bond motifs is 1. The van der Waals surface area contributed by atoms with Crippen molar-refractivity contribution in [1.82, 2.24) is 4.98 Å². The molecule has 0 saturated heterocycles. The molecule has 4 rings (SSSR count). The normalized spacial score (nSPS) is 12.0. The van der Waals surface area contributed by atoms with Crippen LogP contribution in [0.15, 0.2) is 78.9 Å². The zero-order valence-corrected chi connectivity index (χ0v) is 18.9. The van der Waals surface area contributed by atoms with Crippen LogP contribution >= 0.6 is 0 Å². The molecular weight excluding hydrogens is 390 g/mol. The monoisotopic (exact) mass is 421 g/mol. The van der Waals surface area contributed by atoms with Gasteiger partial charge in [0.1, 0.15) is 0 Å². The number of aryl methyl sites for hydroxylation is 3. The molecule has 0 aliphatic rings. The predicted molar refractivity (Wildman–Crippen MR) is 136 cm³/mol. The first-order valence-corrected chi connectivity index (χ1v) is 11.2. The van der Waals surface area contributed by atoms with Crippen LogP contribution in [-0.2, 0) is 18.5 Å². The average Bonchev–Trinajstić information content (AvgIpc) is 2.77. The van der Waals surface area contributed by atoms with Gasteiger partial charge >= 0.3 is 0 Å². The van der Waals surface area contributed by atoms with Gasteiger partial charge in [-0.05, 0) is 79.1 Å². The number of benzene rings is 3. The lowest BCUT2D eigenvalue weighted by Gasteiger charge is -2.22. The van der Waals surface area contributed by atoms with Gasteiger partial charge in [-0.1, -0.05) is 72.8 Å². The van der Waals surface area contributed by atoms with Crippen LogP contribution in [0.2, 0.25) is 0 Å². The summed E-state index contributed by atoms with van der Waals surface area (Å²) < 4.78 is 0. The van der Waals surface area contributed by atoms with Gasteiger partial charge in [-0.25, -0.2) is 4.98 Å². The molecule has 1 heterocycles. The fourth-order valence-corrected chi connectivity index (χ4v) is 4.12. The molecule has 162 valence electrons. The van der Waals surface area contributed by atoms with E-state index >= 15 is 0 Å². The molecule has 3 heteroatoms. The Morgan fingerprint density at radius 2 is 1.66 bits per heavy atom. The van der Waals surface area contributed by atoms with Gasteiger partial charge in [-0.3, -0.25) is 0 Å². The second-order valence-electron chi connectivity index (χ2n) is 8.80. The maximum atomic E-state index is 6.14. The first-order valence-electron chi connectivity index (χ1n) is 11.2. The van der Waals surface area contributed by atoms with Crippen molar-refractivity contribution < 1.29 is 0 Å². The smallest absolute Gasteiger partial charge is 0.0872 e. The van der Waals surface area contributed by atoms with Crippen molar-refractivity contribution in [2.75, 3.05) is 0 Å². The highest BCUT2D eigenvalue weighted by molar-refractivity contribution is 5.81. The second kappa shape index (κ2) is 9.47. The Bertz CT molecular complexity index is 1250. The number of aromatic nitrogens is 1. The average molecular weight is 422 g/mol.